The molecule has 0 aromatic carbocycles. The average Bonchev–Trinajstić information content (AvgIpc) is 2.57. The summed E-state index contributed by atoms with van der Waals surface area (Å²) >= 11 is 0. The summed E-state index contributed by atoms with van der Waals surface area (Å²) in [6, 6.07) is 0. The fourth-order valence-electron chi connectivity index (χ4n) is 3.94. The highest BCUT2D eigenvalue weighted by Gasteiger charge is 2.36. The first-order chi connectivity index (χ1) is 10.7. The van der Waals surface area contributed by atoms with Crippen LogP contribution in [-0.2, 0) is 0 Å². The highest BCUT2D eigenvalue weighted by Crippen LogP contribution is 2.51. The molecule has 0 nitrogen and oxygen atoms in total. The maximum Gasteiger partial charge on any atom is 0.0286 e. The molecule has 0 unspecified atom stereocenters. The lowest BCUT2D eigenvalue weighted by molar-refractivity contribution is 0.291. The van der Waals surface area contributed by atoms with Gasteiger partial charge < -0.3 is 0 Å². The molecule has 0 aromatic heterocycles. The molecule has 1 saturated carbocycles. The Morgan fingerprint density at radius 2 is 1.23 bits per heavy atom. The maximum absolute atomic E-state index is 2.45. The van der Waals surface area contributed by atoms with Gasteiger partial charge in [0.05, 0.1) is 0 Å². The second kappa shape index (κ2) is 12.1. The highest BCUT2D eigenvalue weighted by atomic mass is 33.1. The van der Waals surface area contributed by atoms with Crippen LogP contribution < -0.4 is 0 Å². The predicted octanol–water partition coefficient (Wildman–Crippen LogP) is 8.26. The molecule has 0 saturated heterocycles. The second-order valence-electron chi connectivity index (χ2n) is 7.14. The van der Waals surface area contributed by atoms with Crippen molar-refractivity contribution in [2.75, 3.05) is 0 Å². The second-order valence-corrected chi connectivity index (χ2v) is 10.1. The molecule has 0 radical (unpaired) electrons. The fraction of sp³-hybridized carbons (Fsp3) is 1.00. The summed E-state index contributed by atoms with van der Waals surface area (Å²) in [6.45, 7) is 9.60. The van der Waals surface area contributed by atoms with Gasteiger partial charge in [0.2, 0.25) is 0 Å². The SMILES string of the molecule is CCC(CC)SSC(CC)(CC)C1CCCCCCCCC1. The van der Waals surface area contributed by atoms with E-state index in [9.17, 15) is 0 Å². The van der Waals surface area contributed by atoms with Crippen molar-refractivity contribution in [3.63, 3.8) is 0 Å². The number of hydrogen-bond donors (Lipinski definition) is 0. The summed E-state index contributed by atoms with van der Waals surface area (Å²) in [6.07, 6.45) is 18.7. The minimum atomic E-state index is 0.534. The van der Waals surface area contributed by atoms with E-state index in [1.54, 1.807) is 0 Å². The minimum Gasteiger partial charge on any atom is -0.0902 e. The summed E-state index contributed by atoms with van der Waals surface area (Å²) in [5.74, 6) is 0.951. The standard InChI is InChI=1S/C20H40S2/c1-5-19(6-2)21-22-20(7-3,8-4)18-16-14-12-10-9-11-13-15-17-18/h18-19H,5-17H2,1-4H3. The van der Waals surface area contributed by atoms with E-state index >= 15 is 0 Å². The van der Waals surface area contributed by atoms with E-state index in [2.05, 4.69) is 49.3 Å². The molecule has 0 spiro atoms. The third-order valence-electron chi connectivity index (χ3n) is 5.81. The molecule has 1 aliphatic rings. The molecule has 132 valence electrons. The van der Waals surface area contributed by atoms with Gasteiger partial charge in [0.15, 0.2) is 0 Å². The fourth-order valence-corrected chi connectivity index (χ4v) is 8.06. The van der Waals surface area contributed by atoms with E-state index in [0.717, 1.165) is 11.2 Å². The predicted molar refractivity (Wildman–Crippen MR) is 108 cm³/mol. The van der Waals surface area contributed by atoms with Crippen LogP contribution in [0.15, 0.2) is 0 Å². The van der Waals surface area contributed by atoms with E-state index in [1.807, 2.05) is 0 Å². The van der Waals surface area contributed by atoms with Gasteiger partial charge in [-0.15, -0.1) is 0 Å². The molecule has 0 heterocycles. The van der Waals surface area contributed by atoms with Crippen LogP contribution in [0.5, 0.6) is 0 Å². The molecular formula is C20H40S2. The molecule has 1 aliphatic carbocycles. The van der Waals surface area contributed by atoms with Crippen LogP contribution in [0.4, 0.5) is 0 Å². The number of hydrogen-bond acceptors (Lipinski definition) is 2. The van der Waals surface area contributed by atoms with Gasteiger partial charge in [-0.05, 0) is 44.4 Å². The first-order valence-electron chi connectivity index (χ1n) is 10.1. The lowest BCUT2D eigenvalue weighted by atomic mass is 9.79. The van der Waals surface area contributed by atoms with Gasteiger partial charge in [0, 0.05) is 10.00 Å². The van der Waals surface area contributed by atoms with Crippen LogP contribution in [0.25, 0.3) is 0 Å². The Kier molecular flexibility index (Phi) is 11.4. The third kappa shape index (κ3) is 6.67. The minimum absolute atomic E-state index is 0.534. The van der Waals surface area contributed by atoms with E-state index < -0.39 is 0 Å². The van der Waals surface area contributed by atoms with Crippen molar-refractivity contribution in [2.45, 2.75) is 121 Å². The lowest BCUT2D eigenvalue weighted by Crippen LogP contribution is -2.33. The Balaban J connectivity index is 2.69. The van der Waals surface area contributed by atoms with Crippen molar-refractivity contribution in [1.29, 1.82) is 0 Å². The van der Waals surface area contributed by atoms with Crippen LogP contribution in [0, 0.1) is 5.92 Å². The lowest BCUT2D eigenvalue weighted by Gasteiger charge is -2.40. The third-order valence-corrected chi connectivity index (χ3v) is 10.2. The summed E-state index contributed by atoms with van der Waals surface area (Å²) in [5, 5.41) is 0.849. The quantitative estimate of drug-likeness (QED) is 0.406. The van der Waals surface area contributed by atoms with Crippen LogP contribution in [0.2, 0.25) is 0 Å². The molecule has 1 fully saturated rings. The van der Waals surface area contributed by atoms with Gasteiger partial charge in [-0.1, -0.05) is 94.2 Å². The van der Waals surface area contributed by atoms with Crippen molar-refractivity contribution < 1.29 is 0 Å². The van der Waals surface area contributed by atoms with Crippen LogP contribution in [0.1, 0.15) is 111 Å². The monoisotopic (exact) mass is 344 g/mol. The van der Waals surface area contributed by atoms with Crippen molar-refractivity contribution in [3.8, 4) is 0 Å². The smallest absolute Gasteiger partial charge is 0.0286 e. The zero-order valence-corrected chi connectivity index (χ0v) is 17.3. The van der Waals surface area contributed by atoms with Gasteiger partial charge in [-0.25, -0.2) is 0 Å². The molecule has 0 bridgehead atoms. The first kappa shape index (κ1) is 20.7. The normalized spacial score (nSPS) is 19.5. The molecule has 0 aromatic rings. The average molecular weight is 345 g/mol. The van der Waals surface area contributed by atoms with Crippen LogP contribution in [0.3, 0.4) is 0 Å². The van der Waals surface area contributed by atoms with Gasteiger partial charge in [-0.2, -0.15) is 0 Å². The van der Waals surface area contributed by atoms with E-state index in [1.165, 1.54) is 83.5 Å². The molecule has 2 heteroatoms. The van der Waals surface area contributed by atoms with Gasteiger partial charge in [-0.3, -0.25) is 0 Å². The molecule has 22 heavy (non-hydrogen) atoms. The maximum atomic E-state index is 2.45. The first-order valence-corrected chi connectivity index (χ1v) is 12.3. The van der Waals surface area contributed by atoms with Gasteiger partial charge in [0.1, 0.15) is 0 Å². The van der Waals surface area contributed by atoms with Gasteiger partial charge >= 0.3 is 0 Å². The van der Waals surface area contributed by atoms with Crippen LogP contribution in [-0.4, -0.2) is 10.00 Å². The van der Waals surface area contributed by atoms with E-state index in [4.69, 9.17) is 0 Å². The van der Waals surface area contributed by atoms with Crippen molar-refractivity contribution in [1.82, 2.24) is 0 Å². The van der Waals surface area contributed by atoms with E-state index in [0.29, 0.717) is 4.75 Å². The highest BCUT2D eigenvalue weighted by molar-refractivity contribution is 8.77. The van der Waals surface area contributed by atoms with Crippen molar-refractivity contribution >= 4 is 21.6 Å². The van der Waals surface area contributed by atoms with Crippen LogP contribution >= 0.6 is 21.6 Å². The van der Waals surface area contributed by atoms with Gasteiger partial charge in [0.25, 0.3) is 0 Å². The van der Waals surface area contributed by atoms with Crippen molar-refractivity contribution in [3.05, 3.63) is 0 Å². The Morgan fingerprint density at radius 1 is 0.773 bits per heavy atom. The summed E-state index contributed by atoms with van der Waals surface area (Å²) in [7, 11) is 4.49. The Morgan fingerprint density at radius 3 is 1.64 bits per heavy atom. The largest absolute Gasteiger partial charge is 0.0902 e. The molecule has 1 rings (SSSR count). The molecule has 0 aliphatic heterocycles. The van der Waals surface area contributed by atoms with Crippen molar-refractivity contribution in [2.24, 2.45) is 5.92 Å². The Hall–Kier alpha value is 0.700. The molecule has 0 atom stereocenters. The summed E-state index contributed by atoms with van der Waals surface area (Å²) < 4.78 is 0.534. The van der Waals surface area contributed by atoms with E-state index in [-0.39, 0.29) is 0 Å². The Labute approximate surface area is 148 Å². The number of rotatable bonds is 8. The summed E-state index contributed by atoms with van der Waals surface area (Å²) in [4.78, 5) is 0. The molecule has 0 amide bonds. The zero-order valence-electron chi connectivity index (χ0n) is 15.7. The molecule has 0 N–H and O–H groups in total. The Bertz CT molecular complexity index is 246. The topological polar surface area (TPSA) is 0 Å². The zero-order chi connectivity index (χ0) is 16.3. The molecular weight excluding hydrogens is 304 g/mol. The summed E-state index contributed by atoms with van der Waals surface area (Å²) in [5.41, 5.74) is 0.